The number of anilines is 2. The summed E-state index contributed by atoms with van der Waals surface area (Å²) in [6, 6.07) is 18.0. The number of thiazole rings is 1. The molecule has 2 aromatic carbocycles. The molecule has 0 radical (unpaired) electrons. The highest BCUT2D eigenvalue weighted by atomic mass is 32.1. The van der Waals surface area contributed by atoms with Crippen molar-refractivity contribution in [2.45, 2.75) is 12.8 Å². The molecule has 0 unspecified atom stereocenters. The minimum atomic E-state index is 0.0142. The molecule has 4 aromatic rings. The van der Waals surface area contributed by atoms with Crippen LogP contribution in [0.3, 0.4) is 0 Å². The van der Waals surface area contributed by atoms with Crippen LogP contribution in [0.15, 0.2) is 66.2 Å². The maximum Gasteiger partial charge on any atom is 0.224 e. The van der Waals surface area contributed by atoms with E-state index >= 15 is 0 Å². The second-order valence-corrected chi connectivity index (χ2v) is 7.70. The van der Waals surface area contributed by atoms with Crippen LogP contribution in [0.2, 0.25) is 0 Å². The molecule has 0 bridgehead atoms. The Labute approximate surface area is 168 Å². The van der Waals surface area contributed by atoms with Crippen molar-refractivity contribution in [1.29, 1.82) is 0 Å². The Balaban J connectivity index is 1.41. The summed E-state index contributed by atoms with van der Waals surface area (Å²) >= 11 is 1.60. The third-order valence-electron chi connectivity index (χ3n) is 4.63. The maximum atomic E-state index is 12.3. The van der Waals surface area contributed by atoms with Crippen LogP contribution in [0.25, 0.3) is 16.2 Å². The highest BCUT2D eigenvalue weighted by Gasteiger charge is 2.11. The molecule has 0 fully saturated rings. The number of nitrogens with zero attached hydrogens (tertiary/aromatic N) is 3. The van der Waals surface area contributed by atoms with Gasteiger partial charge < -0.3 is 10.2 Å². The van der Waals surface area contributed by atoms with Gasteiger partial charge in [-0.2, -0.15) is 0 Å². The first kappa shape index (κ1) is 18.3. The van der Waals surface area contributed by atoms with Crippen molar-refractivity contribution in [2.75, 3.05) is 24.3 Å². The predicted molar refractivity (Wildman–Crippen MR) is 116 cm³/mol. The molecule has 142 valence electrons. The van der Waals surface area contributed by atoms with E-state index in [0.717, 1.165) is 33.3 Å². The number of hydrogen-bond acceptors (Lipinski definition) is 4. The second-order valence-electron chi connectivity index (χ2n) is 6.86. The van der Waals surface area contributed by atoms with E-state index in [0.29, 0.717) is 12.8 Å². The number of fused-ring (bicyclic) bond motifs is 1. The number of amides is 1. The summed E-state index contributed by atoms with van der Waals surface area (Å²) in [5, 5.41) is 5.05. The molecule has 5 nitrogen and oxygen atoms in total. The Kier molecular flexibility index (Phi) is 5.12. The molecule has 2 heterocycles. The molecule has 1 N–H and O–H groups in total. The van der Waals surface area contributed by atoms with Crippen LogP contribution < -0.4 is 10.2 Å². The lowest BCUT2D eigenvalue weighted by Crippen LogP contribution is -2.13. The van der Waals surface area contributed by atoms with Gasteiger partial charge in [-0.1, -0.05) is 30.3 Å². The van der Waals surface area contributed by atoms with Crippen molar-refractivity contribution in [2.24, 2.45) is 0 Å². The summed E-state index contributed by atoms with van der Waals surface area (Å²) in [7, 11) is 3.99. The molecule has 0 aliphatic heterocycles. The third kappa shape index (κ3) is 3.92. The van der Waals surface area contributed by atoms with Crippen molar-refractivity contribution >= 4 is 33.6 Å². The molecule has 2 aromatic heterocycles. The summed E-state index contributed by atoms with van der Waals surface area (Å²) in [6.45, 7) is 0. The van der Waals surface area contributed by atoms with Crippen molar-refractivity contribution < 1.29 is 4.79 Å². The van der Waals surface area contributed by atoms with E-state index in [4.69, 9.17) is 4.98 Å². The van der Waals surface area contributed by atoms with Crippen LogP contribution in [0.1, 0.15) is 12.1 Å². The summed E-state index contributed by atoms with van der Waals surface area (Å²) in [4.78, 5) is 20.0. The Hall–Kier alpha value is -3.12. The Morgan fingerprint density at radius 3 is 2.57 bits per heavy atom. The standard InChI is InChI=1S/C22H22N4OS/c1-25(2)18-10-8-17(9-11-18)23-21(27)13-12-19-15-28-22-24-20(14-26(19)22)16-6-4-3-5-7-16/h3-11,14-15H,12-13H2,1-2H3,(H,23,27). The first-order chi connectivity index (χ1) is 13.6. The van der Waals surface area contributed by atoms with Gasteiger partial charge in [-0.15, -0.1) is 11.3 Å². The van der Waals surface area contributed by atoms with Crippen LogP contribution in [0.4, 0.5) is 11.4 Å². The number of carbonyl (C=O) groups is 1. The van der Waals surface area contributed by atoms with E-state index in [1.165, 1.54) is 0 Å². The molecule has 4 rings (SSSR count). The Morgan fingerprint density at radius 1 is 1.11 bits per heavy atom. The molecule has 0 saturated carbocycles. The number of benzene rings is 2. The van der Waals surface area contributed by atoms with E-state index in [1.807, 2.05) is 67.7 Å². The summed E-state index contributed by atoms with van der Waals surface area (Å²) in [5.41, 5.74) is 5.09. The molecule has 0 aliphatic rings. The second kappa shape index (κ2) is 7.86. The molecular formula is C22H22N4OS. The predicted octanol–water partition coefficient (Wildman–Crippen LogP) is 4.70. The van der Waals surface area contributed by atoms with Gasteiger partial charge in [0.1, 0.15) is 0 Å². The topological polar surface area (TPSA) is 49.6 Å². The van der Waals surface area contributed by atoms with Crippen LogP contribution >= 0.6 is 11.3 Å². The van der Waals surface area contributed by atoms with Crippen LogP contribution in [-0.2, 0) is 11.2 Å². The summed E-state index contributed by atoms with van der Waals surface area (Å²) in [6.07, 6.45) is 3.15. The van der Waals surface area contributed by atoms with E-state index in [-0.39, 0.29) is 5.91 Å². The number of nitrogens with one attached hydrogen (secondary N) is 1. The third-order valence-corrected chi connectivity index (χ3v) is 5.52. The van der Waals surface area contributed by atoms with E-state index in [1.54, 1.807) is 11.3 Å². The van der Waals surface area contributed by atoms with E-state index in [9.17, 15) is 4.79 Å². The minimum absolute atomic E-state index is 0.0142. The maximum absolute atomic E-state index is 12.3. The largest absolute Gasteiger partial charge is 0.378 e. The summed E-state index contributed by atoms with van der Waals surface area (Å²) < 4.78 is 2.09. The van der Waals surface area contributed by atoms with Gasteiger partial charge in [0.2, 0.25) is 5.91 Å². The van der Waals surface area contributed by atoms with Crippen molar-refractivity contribution in [3.63, 3.8) is 0 Å². The zero-order valence-electron chi connectivity index (χ0n) is 15.9. The van der Waals surface area contributed by atoms with Crippen LogP contribution in [-0.4, -0.2) is 29.4 Å². The lowest BCUT2D eigenvalue weighted by Gasteiger charge is -2.13. The Bertz CT molecular complexity index is 1080. The van der Waals surface area contributed by atoms with Gasteiger partial charge in [0.15, 0.2) is 4.96 Å². The van der Waals surface area contributed by atoms with Crippen molar-refractivity contribution in [1.82, 2.24) is 9.38 Å². The number of imidazole rings is 1. The smallest absolute Gasteiger partial charge is 0.224 e. The number of hydrogen-bond donors (Lipinski definition) is 1. The fourth-order valence-corrected chi connectivity index (χ4v) is 3.97. The van der Waals surface area contributed by atoms with E-state index < -0.39 is 0 Å². The molecular weight excluding hydrogens is 368 g/mol. The average Bonchev–Trinajstić information content (AvgIpc) is 3.28. The lowest BCUT2D eigenvalue weighted by molar-refractivity contribution is -0.116. The average molecular weight is 391 g/mol. The first-order valence-corrected chi connectivity index (χ1v) is 10.1. The van der Waals surface area contributed by atoms with Gasteiger partial charge in [0.25, 0.3) is 0 Å². The lowest BCUT2D eigenvalue weighted by atomic mass is 10.2. The normalized spacial score (nSPS) is 10.9. The first-order valence-electron chi connectivity index (χ1n) is 9.18. The number of aromatic nitrogens is 2. The van der Waals surface area contributed by atoms with Crippen molar-refractivity contribution in [3.05, 3.63) is 71.9 Å². The van der Waals surface area contributed by atoms with Crippen LogP contribution in [0.5, 0.6) is 0 Å². The number of aryl methyl sites for hydroxylation is 1. The van der Waals surface area contributed by atoms with Gasteiger partial charge >= 0.3 is 0 Å². The minimum Gasteiger partial charge on any atom is -0.378 e. The molecule has 0 atom stereocenters. The Morgan fingerprint density at radius 2 is 1.86 bits per heavy atom. The van der Waals surface area contributed by atoms with E-state index in [2.05, 4.69) is 27.2 Å². The fraction of sp³-hybridized carbons (Fsp3) is 0.182. The summed E-state index contributed by atoms with van der Waals surface area (Å²) in [5.74, 6) is 0.0142. The van der Waals surface area contributed by atoms with Gasteiger partial charge in [-0.3, -0.25) is 9.20 Å². The van der Waals surface area contributed by atoms with Gasteiger partial charge in [-0.25, -0.2) is 4.98 Å². The molecule has 0 saturated heterocycles. The molecule has 0 spiro atoms. The van der Waals surface area contributed by atoms with Gasteiger partial charge in [-0.05, 0) is 30.7 Å². The SMILES string of the molecule is CN(C)c1ccc(NC(=O)CCc2csc3nc(-c4ccccc4)cn23)cc1. The fourth-order valence-electron chi connectivity index (χ4n) is 3.07. The quantitative estimate of drug-likeness (QED) is 0.519. The highest BCUT2D eigenvalue weighted by Crippen LogP contribution is 2.24. The highest BCUT2D eigenvalue weighted by molar-refractivity contribution is 7.15. The zero-order chi connectivity index (χ0) is 19.5. The van der Waals surface area contributed by atoms with Crippen LogP contribution in [0, 0.1) is 0 Å². The van der Waals surface area contributed by atoms with Gasteiger partial charge in [0, 0.05) is 54.7 Å². The van der Waals surface area contributed by atoms with Gasteiger partial charge in [0.05, 0.1) is 5.69 Å². The number of rotatable bonds is 6. The molecule has 28 heavy (non-hydrogen) atoms. The zero-order valence-corrected chi connectivity index (χ0v) is 16.7. The molecule has 0 aliphatic carbocycles. The monoisotopic (exact) mass is 390 g/mol. The molecule has 6 heteroatoms. The molecule has 1 amide bonds. The number of carbonyl (C=O) groups excluding carboxylic acids is 1. The van der Waals surface area contributed by atoms with Crippen molar-refractivity contribution in [3.8, 4) is 11.3 Å².